The largest absolute Gasteiger partial charge is 0.504 e. The summed E-state index contributed by atoms with van der Waals surface area (Å²) in [6.07, 6.45) is 21.7. The van der Waals surface area contributed by atoms with E-state index in [4.69, 9.17) is 4.74 Å². The zero-order valence-corrected chi connectivity index (χ0v) is 19.3. The lowest BCUT2D eigenvalue weighted by Gasteiger charge is -2.08. The smallest absolute Gasteiger partial charge is 0.220 e. The van der Waals surface area contributed by atoms with Gasteiger partial charge in [0.2, 0.25) is 5.91 Å². The van der Waals surface area contributed by atoms with Crippen molar-refractivity contribution in [2.24, 2.45) is 0 Å². The third kappa shape index (κ3) is 13.3. The number of nitrogens with one attached hydrogen (secondary N) is 1. The standard InChI is InChI=1S/C26H43NO3/c1-3-4-5-6-7-8-9-10-11-12-13-14-15-16-17-18-26(29)27-22-23-19-20-24(28)25(21-23)30-2/h8-9,19-21,28H,3-7,10-18,22H2,1-2H3,(H,27,29). The Hall–Kier alpha value is -1.97. The molecule has 0 radical (unpaired) electrons. The topological polar surface area (TPSA) is 58.6 Å². The van der Waals surface area contributed by atoms with Crippen molar-refractivity contribution in [3.63, 3.8) is 0 Å². The van der Waals surface area contributed by atoms with E-state index in [0.29, 0.717) is 18.7 Å². The number of phenolic OH excluding ortho intramolecular Hbond substituents is 1. The molecule has 2 N–H and O–H groups in total. The molecule has 0 saturated carbocycles. The monoisotopic (exact) mass is 417 g/mol. The number of carbonyl (C=O) groups excluding carboxylic acids is 1. The zero-order chi connectivity index (χ0) is 21.9. The molecule has 0 heterocycles. The van der Waals surface area contributed by atoms with E-state index in [2.05, 4.69) is 24.4 Å². The molecule has 30 heavy (non-hydrogen) atoms. The lowest BCUT2D eigenvalue weighted by molar-refractivity contribution is -0.121. The number of ether oxygens (including phenoxy) is 1. The summed E-state index contributed by atoms with van der Waals surface area (Å²) in [5.74, 6) is 0.630. The van der Waals surface area contributed by atoms with Gasteiger partial charge in [0.25, 0.3) is 0 Å². The van der Waals surface area contributed by atoms with E-state index in [1.165, 1.54) is 77.7 Å². The van der Waals surface area contributed by atoms with E-state index in [0.717, 1.165) is 18.4 Å². The normalized spacial score (nSPS) is 11.1. The van der Waals surface area contributed by atoms with Crippen molar-refractivity contribution in [2.75, 3.05) is 7.11 Å². The van der Waals surface area contributed by atoms with Crippen LogP contribution in [-0.4, -0.2) is 18.1 Å². The maximum Gasteiger partial charge on any atom is 0.220 e. The molecule has 1 aromatic rings. The number of rotatable bonds is 18. The molecule has 0 fully saturated rings. The van der Waals surface area contributed by atoms with Gasteiger partial charge in [0.15, 0.2) is 11.5 Å². The minimum absolute atomic E-state index is 0.0866. The first-order chi connectivity index (χ1) is 14.7. The molecule has 1 amide bonds. The number of methoxy groups -OCH3 is 1. The van der Waals surface area contributed by atoms with Crippen LogP contribution in [0.4, 0.5) is 0 Å². The SMILES string of the molecule is CCCCCCC=CCCCCCCCCCC(=O)NCc1ccc(O)c(OC)c1. The molecule has 4 heteroatoms. The van der Waals surface area contributed by atoms with Crippen LogP contribution in [-0.2, 0) is 11.3 Å². The van der Waals surface area contributed by atoms with Crippen molar-refractivity contribution in [3.8, 4) is 11.5 Å². The number of phenols is 1. The first kappa shape index (κ1) is 26.1. The van der Waals surface area contributed by atoms with Gasteiger partial charge in [-0.2, -0.15) is 0 Å². The van der Waals surface area contributed by atoms with Crippen LogP contribution in [0.5, 0.6) is 11.5 Å². The number of benzene rings is 1. The molecule has 0 aliphatic carbocycles. The molecule has 170 valence electrons. The second-order valence-corrected chi connectivity index (χ2v) is 8.12. The number of amides is 1. The number of allylic oxidation sites excluding steroid dienone is 2. The van der Waals surface area contributed by atoms with Gasteiger partial charge >= 0.3 is 0 Å². The first-order valence-electron chi connectivity index (χ1n) is 11.9. The number of hydrogen-bond acceptors (Lipinski definition) is 3. The number of aromatic hydroxyl groups is 1. The molecule has 1 aromatic carbocycles. The Bertz CT molecular complexity index is 598. The van der Waals surface area contributed by atoms with Crippen LogP contribution in [0, 0.1) is 0 Å². The number of hydrogen-bond donors (Lipinski definition) is 2. The highest BCUT2D eigenvalue weighted by Gasteiger charge is 2.05. The van der Waals surface area contributed by atoms with Crippen molar-refractivity contribution in [2.45, 2.75) is 103 Å². The Balaban J connectivity index is 1.92. The second-order valence-electron chi connectivity index (χ2n) is 8.12. The van der Waals surface area contributed by atoms with Gasteiger partial charge in [0.1, 0.15) is 0 Å². The van der Waals surface area contributed by atoms with Gasteiger partial charge in [-0.1, -0.05) is 76.5 Å². The Morgan fingerprint density at radius 3 is 2.17 bits per heavy atom. The summed E-state index contributed by atoms with van der Waals surface area (Å²) >= 11 is 0. The molecule has 0 unspecified atom stereocenters. The van der Waals surface area contributed by atoms with Crippen LogP contribution in [0.25, 0.3) is 0 Å². The minimum atomic E-state index is 0.0866. The van der Waals surface area contributed by atoms with Gasteiger partial charge in [-0.3, -0.25) is 4.79 Å². The van der Waals surface area contributed by atoms with Crippen LogP contribution < -0.4 is 10.1 Å². The fraction of sp³-hybridized carbons (Fsp3) is 0.654. The maximum absolute atomic E-state index is 12.0. The third-order valence-corrected chi connectivity index (χ3v) is 5.40. The maximum atomic E-state index is 12.0. The van der Waals surface area contributed by atoms with Crippen molar-refractivity contribution in [1.29, 1.82) is 0 Å². The fourth-order valence-corrected chi connectivity index (χ4v) is 3.48. The van der Waals surface area contributed by atoms with Gasteiger partial charge in [-0.05, 0) is 49.8 Å². The van der Waals surface area contributed by atoms with Crippen LogP contribution in [0.1, 0.15) is 102 Å². The Kier molecular flexibility index (Phi) is 15.5. The Labute approximate surface area is 184 Å². The molecule has 0 aliphatic heterocycles. The van der Waals surface area contributed by atoms with Gasteiger partial charge in [0.05, 0.1) is 7.11 Å². The second kappa shape index (κ2) is 17.9. The predicted octanol–water partition coefficient (Wildman–Crippen LogP) is 7.05. The summed E-state index contributed by atoms with van der Waals surface area (Å²) in [5.41, 5.74) is 0.921. The third-order valence-electron chi connectivity index (χ3n) is 5.40. The van der Waals surface area contributed by atoms with E-state index in [1.54, 1.807) is 18.2 Å². The quantitative estimate of drug-likeness (QED) is 0.199. The molecule has 0 aliphatic rings. The number of unbranched alkanes of at least 4 members (excludes halogenated alkanes) is 11. The Morgan fingerprint density at radius 2 is 1.53 bits per heavy atom. The summed E-state index contributed by atoms with van der Waals surface area (Å²) in [7, 11) is 1.52. The number of carbonyl (C=O) groups is 1. The van der Waals surface area contributed by atoms with E-state index >= 15 is 0 Å². The fourth-order valence-electron chi connectivity index (χ4n) is 3.48. The van der Waals surface area contributed by atoms with Crippen LogP contribution in [0.15, 0.2) is 30.4 Å². The van der Waals surface area contributed by atoms with E-state index in [-0.39, 0.29) is 11.7 Å². The average molecular weight is 418 g/mol. The van der Waals surface area contributed by atoms with E-state index < -0.39 is 0 Å². The predicted molar refractivity (Wildman–Crippen MR) is 126 cm³/mol. The summed E-state index contributed by atoms with van der Waals surface area (Å²) in [6.45, 7) is 2.72. The minimum Gasteiger partial charge on any atom is -0.504 e. The molecule has 1 rings (SSSR count). The summed E-state index contributed by atoms with van der Waals surface area (Å²) in [4.78, 5) is 12.0. The molecule has 0 bridgehead atoms. The van der Waals surface area contributed by atoms with Gasteiger partial charge in [-0.15, -0.1) is 0 Å². The summed E-state index contributed by atoms with van der Waals surface area (Å²) < 4.78 is 5.09. The highest BCUT2D eigenvalue weighted by atomic mass is 16.5. The van der Waals surface area contributed by atoms with Gasteiger partial charge in [-0.25, -0.2) is 0 Å². The van der Waals surface area contributed by atoms with E-state index in [9.17, 15) is 9.90 Å². The van der Waals surface area contributed by atoms with Crippen LogP contribution >= 0.6 is 0 Å². The Morgan fingerprint density at radius 1 is 0.933 bits per heavy atom. The average Bonchev–Trinajstić information content (AvgIpc) is 2.75. The van der Waals surface area contributed by atoms with Crippen LogP contribution in [0.2, 0.25) is 0 Å². The lowest BCUT2D eigenvalue weighted by Crippen LogP contribution is -2.22. The van der Waals surface area contributed by atoms with Crippen molar-refractivity contribution >= 4 is 5.91 Å². The molecule has 0 atom stereocenters. The van der Waals surface area contributed by atoms with Crippen LogP contribution in [0.3, 0.4) is 0 Å². The van der Waals surface area contributed by atoms with Gasteiger partial charge < -0.3 is 15.2 Å². The highest BCUT2D eigenvalue weighted by Crippen LogP contribution is 2.26. The molecule has 0 spiro atoms. The molecule has 0 aromatic heterocycles. The first-order valence-corrected chi connectivity index (χ1v) is 11.9. The highest BCUT2D eigenvalue weighted by molar-refractivity contribution is 5.75. The van der Waals surface area contributed by atoms with Crippen molar-refractivity contribution in [3.05, 3.63) is 35.9 Å². The summed E-state index contributed by atoms with van der Waals surface area (Å²) in [5, 5.41) is 12.5. The summed E-state index contributed by atoms with van der Waals surface area (Å²) in [6, 6.07) is 5.13. The lowest BCUT2D eigenvalue weighted by atomic mass is 10.1. The zero-order valence-electron chi connectivity index (χ0n) is 19.3. The molecule has 4 nitrogen and oxygen atoms in total. The molecular formula is C26H43NO3. The van der Waals surface area contributed by atoms with Crippen molar-refractivity contribution < 1.29 is 14.6 Å². The van der Waals surface area contributed by atoms with Crippen molar-refractivity contribution in [1.82, 2.24) is 5.32 Å². The molecular weight excluding hydrogens is 374 g/mol. The molecule has 0 saturated heterocycles. The van der Waals surface area contributed by atoms with Gasteiger partial charge in [0, 0.05) is 13.0 Å². The van der Waals surface area contributed by atoms with E-state index in [1.807, 2.05) is 0 Å².